The lowest BCUT2D eigenvalue weighted by atomic mass is 10.2. The minimum Gasteiger partial charge on any atom is -0.490 e. The third-order valence-corrected chi connectivity index (χ3v) is 5.91. The molecule has 2 aromatic rings. The predicted octanol–water partition coefficient (Wildman–Crippen LogP) is 3.61. The molecular weight excluding hydrogens is 430 g/mol. The van der Waals surface area contributed by atoms with Crippen LogP contribution in [0, 0.1) is 0 Å². The summed E-state index contributed by atoms with van der Waals surface area (Å²) < 4.78 is 38.7. The molecule has 170 valence electrons. The molecule has 0 saturated carbocycles. The summed E-state index contributed by atoms with van der Waals surface area (Å²) in [6, 6.07) is 11.5. The van der Waals surface area contributed by atoms with Gasteiger partial charge in [0.1, 0.15) is 5.84 Å². The molecule has 0 fully saturated rings. The molecule has 2 N–H and O–H groups in total. The van der Waals surface area contributed by atoms with Crippen molar-refractivity contribution < 1.29 is 22.7 Å². The van der Waals surface area contributed by atoms with Crippen LogP contribution in [0.15, 0.2) is 58.4 Å². The number of benzene rings is 2. The Morgan fingerprint density at radius 2 is 1.88 bits per heavy atom. The second-order valence-electron chi connectivity index (χ2n) is 6.96. The van der Waals surface area contributed by atoms with Crippen molar-refractivity contribution in [1.82, 2.24) is 4.72 Å². The van der Waals surface area contributed by atoms with Crippen molar-refractivity contribution in [2.24, 2.45) is 4.99 Å². The fourth-order valence-corrected chi connectivity index (χ4v) is 4.24. The van der Waals surface area contributed by atoms with E-state index in [9.17, 15) is 13.2 Å². The number of nitrogens with one attached hydrogen (secondary N) is 2. The van der Waals surface area contributed by atoms with Crippen molar-refractivity contribution in [3.8, 4) is 11.5 Å². The van der Waals surface area contributed by atoms with Crippen molar-refractivity contribution in [2.45, 2.75) is 31.6 Å². The van der Waals surface area contributed by atoms with Gasteiger partial charge >= 0.3 is 0 Å². The van der Waals surface area contributed by atoms with Crippen LogP contribution in [0.2, 0.25) is 0 Å². The highest BCUT2D eigenvalue weighted by Gasteiger charge is 2.18. The molecule has 0 aliphatic carbocycles. The molecule has 9 heteroatoms. The number of nitrogens with zero attached hydrogens (tertiary/aromatic N) is 1. The third kappa shape index (κ3) is 6.34. The number of anilines is 1. The van der Waals surface area contributed by atoms with Crippen LogP contribution in [0.25, 0.3) is 6.08 Å². The van der Waals surface area contributed by atoms with Crippen molar-refractivity contribution in [3.63, 3.8) is 0 Å². The van der Waals surface area contributed by atoms with Crippen LogP contribution in [0.1, 0.15) is 32.3 Å². The van der Waals surface area contributed by atoms with Crippen LogP contribution < -0.4 is 19.5 Å². The minimum absolute atomic E-state index is 0.0572. The zero-order valence-electron chi connectivity index (χ0n) is 18.1. The lowest BCUT2D eigenvalue weighted by Gasteiger charge is -2.11. The monoisotopic (exact) mass is 457 g/mol. The summed E-state index contributed by atoms with van der Waals surface area (Å²) in [4.78, 5) is 16.6. The maximum Gasteiger partial charge on any atom is 0.262 e. The van der Waals surface area contributed by atoms with Crippen molar-refractivity contribution in [3.05, 3.63) is 54.1 Å². The van der Waals surface area contributed by atoms with Gasteiger partial charge < -0.3 is 14.8 Å². The van der Waals surface area contributed by atoms with E-state index in [1.165, 1.54) is 18.2 Å². The van der Waals surface area contributed by atoms with Crippen molar-refractivity contribution in [1.29, 1.82) is 0 Å². The van der Waals surface area contributed by atoms with E-state index in [0.29, 0.717) is 49.2 Å². The molecule has 0 radical (unpaired) electrons. The number of rotatable bonds is 9. The van der Waals surface area contributed by atoms with Crippen LogP contribution in [0.3, 0.4) is 0 Å². The Morgan fingerprint density at radius 3 is 2.59 bits per heavy atom. The van der Waals surface area contributed by atoms with Gasteiger partial charge in [0.2, 0.25) is 5.91 Å². The first-order valence-corrected chi connectivity index (χ1v) is 11.9. The summed E-state index contributed by atoms with van der Waals surface area (Å²) in [7, 11) is -3.75. The number of carbonyl (C=O) groups excluding carboxylic acids is 1. The summed E-state index contributed by atoms with van der Waals surface area (Å²) in [5.74, 6) is 1.32. The van der Waals surface area contributed by atoms with Crippen LogP contribution in [0.5, 0.6) is 11.5 Å². The van der Waals surface area contributed by atoms with Crippen molar-refractivity contribution >= 4 is 33.5 Å². The summed E-state index contributed by atoms with van der Waals surface area (Å²) in [6.07, 6.45) is 4.46. The van der Waals surface area contributed by atoms with E-state index in [0.717, 1.165) is 12.0 Å². The summed E-state index contributed by atoms with van der Waals surface area (Å²) in [5, 5.41) is 2.69. The van der Waals surface area contributed by atoms with Gasteiger partial charge in [0.15, 0.2) is 11.5 Å². The van der Waals surface area contributed by atoms with Gasteiger partial charge in [0.25, 0.3) is 10.0 Å². The number of ether oxygens (including phenoxy) is 2. The zero-order chi connectivity index (χ0) is 23.0. The van der Waals surface area contributed by atoms with Gasteiger partial charge in [-0.15, -0.1) is 0 Å². The van der Waals surface area contributed by atoms with E-state index in [1.807, 2.05) is 19.9 Å². The molecule has 2 aromatic carbocycles. The Morgan fingerprint density at radius 1 is 1.09 bits per heavy atom. The summed E-state index contributed by atoms with van der Waals surface area (Å²) in [6.45, 7) is 5.43. The van der Waals surface area contributed by atoms with Crippen molar-refractivity contribution in [2.75, 3.05) is 25.1 Å². The van der Waals surface area contributed by atoms with Crippen LogP contribution in [-0.2, 0) is 14.8 Å². The molecule has 3 rings (SSSR count). The van der Waals surface area contributed by atoms with Gasteiger partial charge in [-0.25, -0.2) is 8.42 Å². The average Bonchev–Trinajstić information content (AvgIpc) is 3.27. The molecule has 0 bridgehead atoms. The van der Waals surface area contributed by atoms with E-state index in [-0.39, 0.29) is 10.8 Å². The van der Waals surface area contributed by atoms with Gasteiger partial charge in [-0.2, -0.15) is 0 Å². The molecule has 1 heterocycles. The quantitative estimate of drug-likeness (QED) is 0.560. The summed E-state index contributed by atoms with van der Waals surface area (Å²) in [5.41, 5.74) is 1.14. The van der Waals surface area contributed by atoms with Crippen LogP contribution >= 0.6 is 0 Å². The molecule has 8 nitrogen and oxygen atoms in total. The molecule has 1 aliphatic heterocycles. The number of hydrogen-bond donors (Lipinski definition) is 2. The van der Waals surface area contributed by atoms with Gasteiger partial charge in [0, 0.05) is 24.7 Å². The average molecular weight is 458 g/mol. The number of hydrogen-bond acceptors (Lipinski definition) is 6. The largest absolute Gasteiger partial charge is 0.490 e. The lowest BCUT2D eigenvalue weighted by Crippen LogP contribution is -2.29. The Bertz CT molecular complexity index is 1130. The molecule has 32 heavy (non-hydrogen) atoms. The molecule has 0 aromatic heterocycles. The Hall–Kier alpha value is -3.33. The normalized spacial score (nSPS) is 13.6. The molecule has 0 saturated heterocycles. The van der Waals surface area contributed by atoms with Gasteiger partial charge in [-0.05, 0) is 62.2 Å². The first-order valence-electron chi connectivity index (χ1n) is 10.5. The summed E-state index contributed by atoms with van der Waals surface area (Å²) >= 11 is 0. The highest BCUT2D eigenvalue weighted by atomic mass is 32.2. The number of aliphatic imine (C=N–C) groups is 1. The Labute approximate surface area is 188 Å². The molecule has 1 amide bonds. The number of amidine groups is 1. The van der Waals surface area contributed by atoms with E-state index in [2.05, 4.69) is 15.0 Å². The maximum absolute atomic E-state index is 12.6. The van der Waals surface area contributed by atoms with Crippen LogP contribution in [0.4, 0.5) is 5.69 Å². The van der Waals surface area contributed by atoms with E-state index >= 15 is 0 Å². The van der Waals surface area contributed by atoms with E-state index < -0.39 is 10.0 Å². The second-order valence-corrected chi connectivity index (χ2v) is 8.64. The highest BCUT2D eigenvalue weighted by Crippen LogP contribution is 2.29. The van der Waals surface area contributed by atoms with Crippen LogP contribution in [-0.4, -0.2) is 39.9 Å². The number of sulfonamides is 1. The molecule has 0 unspecified atom stereocenters. The second kappa shape index (κ2) is 10.8. The molecule has 0 spiro atoms. The fourth-order valence-electron chi connectivity index (χ4n) is 3.11. The lowest BCUT2D eigenvalue weighted by molar-refractivity contribution is -0.111. The Kier molecular flexibility index (Phi) is 7.88. The topological polar surface area (TPSA) is 106 Å². The SMILES string of the molecule is CCOc1ccc(/C=C/C(=O)Nc2cccc(S(=O)(=O)NC3=NCCC3)c2)cc1OCC. The maximum atomic E-state index is 12.6. The fraction of sp³-hybridized carbons (Fsp3) is 0.304. The number of amides is 1. The minimum atomic E-state index is -3.75. The smallest absolute Gasteiger partial charge is 0.262 e. The standard InChI is InChI=1S/C23H27N3O5S/c1-3-30-20-12-10-17(15-21(20)31-4-2)11-13-23(27)25-18-7-5-8-19(16-18)32(28,29)26-22-9-6-14-24-22/h5,7-8,10-13,15-16H,3-4,6,9,14H2,1-2H3,(H,24,26)(H,25,27)/b13-11+. The van der Waals surface area contributed by atoms with Gasteiger partial charge in [-0.3, -0.25) is 14.5 Å². The molecule has 1 aliphatic rings. The van der Waals surface area contributed by atoms with Gasteiger partial charge in [-0.1, -0.05) is 12.1 Å². The van der Waals surface area contributed by atoms with Gasteiger partial charge in [0.05, 0.1) is 18.1 Å². The van der Waals surface area contributed by atoms with E-state index in [4.69, 9.17) is 9.47 Å². The predicted molar refractivity (Wildman–Crippen MR) is 125 cm³/mol. The molecule has 0 atom stereocenters. The Balaban J connectivity index is 1.68. The number of carbonyl (C=O) groups is 1. The third-order valence-electron chi connectivity index (χ3n) is 4.53. The zero-order valence-corrected chi connectivity index (χ0v) is 18.9. The first-order chi connectivity index (χ1) is 15.4. The molecular formula is C23H27N3O5S. The highest BCUT2D eigenvalue weighted by molar-refractivity contribution is 7.90. The van der Waals surface area contributed by atoms with E-state index in [1.54, 1.807) is 30.3 Å². The first kappa shape index (κ1) is 23.3.